The molecule has 3 nitrogen and oxygen atoms in total. The fourth-order valence-corrected chi connectivity index (χ4v) is 1.37. The van der Waals surface area contributed by atoms with Crippen molar-refractivity contribution in [3.05, 3.63) is 22.4 Å². The third-order valence-electron chi connectivity index (χ3n) is 1.35. The molecule has 0 atom stereocenters. The maximum absolute atomic E-state index is 10.8. The maximum atomic E-state index is 10.8. The summed E-state index contributed by atoms with van der Waals surface area (Å²) in [5.41, 5.74) is 1.02. The second kappa shape index (κ2) is 4.01. The van der Waals surface area contributed by atoms with E-state index in [1.54, 1.807) is 11.3 Å². The maximum Gasteiger partial charge on any atom is 0.287 e. The Morgan fingerprint density at radius 2 is 2.33 bits per heavy atom. The van der Waals surface area contributed by atoms with Gasteiger partial charge in [0.2, 0.25) is 5.78 Å². The second-order valence-corrected chi connectivity index (χ2v) is 3.15. The lowest BCUT2D eigenvalue weighted by atomic mass is 10.3. The molecule has 12 heavy (non-hydrogen) atoms. The van der Waals surface area contributed by atoms with Crippen LogP contribution in [0.15, 0.2) is 16.8 Å². The molecule has 0 aliphatic heterocycles. The number of nitrogens with one attached hydrogen (secondary N) is 1. The van der Waals surface area contributed by atoms with Crippen LogP contribution in [0, 0.1) is 0 Å². The van der Waals surface area contributed by atoms with Crippen molar-refractivity contribution in [2.45, 2.75) is 13.5 Å². The highest BCUT2D eigenvalue weighted by molar-refractivity contribution is 7.07. The van der Waals surface area contributed by atoms with Gasteiger partial charge in [-0.25, -0.2) is 0 Å². The number of carbonyl (C=O) groups excluding carboxylic acids is 2. The first-order valence-electron chi connectivity index (χ1n) is 3.50. The highest BCUT2D eigenvalue weighted by atomic mass is 32.1. The summed E-state index contributed by atoms with van der Waals surface area (Å²) >= 11 is 1.56. The van der Waals surface area contributed by atoms with Crippen molar-refractivity contribution in [3.63, 3.8) is 0 Å². The molecular formula is C8H9NO2S. The number of amides is 1. The smallest absolute Gasteiger partial charge is 0.287 e. The fraction of sp³-hybridized carbons (Fsp3) is 0.250. The number of hydrogen-bond donors (Lipinski definition) is 1. The van der Waals surface area contributed by atoms with Crippen molar-refractivity contribution in [1.29, 1.82) is 0 Å². The molecule has 0 radical (unpaired) electrons. The van der Waals surface area contributed by atoms with E-state index in [2.05, 4.69) is 5.32 Å². The van der Waals surface area contributed by atoms with E-state index in [1.165, 1.54) is 6.92 Å². The molecule has 0 spiro atoms. The lowest BCUT2D eigenvalue weighted by Gasteiger charge is -1.98. The quantitative estimate of drug-likeness (QED) is 0.709. The summed E-state index contributed by atoms with van der Waals surface area (Å²) < 4.78 is 0. The summed E-state index contributed by atoms with van der Waals surface area (Å²) in [4.78, 5) is 21.3. The molecule has 64 valence electrons. The molecule has 1 heterocycles. The Morgan fingerprint density at radius 3 is 2.83 bits per heavy atom. The summed E-state index contributed by atoms with van der Waals surface area (Å²) in [5.74, 6) is -0.980. The molecular weight excluding hydrogens is 174 g/mol. The Kier molecular flexibility index (Phi) is 2.99. The molecule has 0 unspecified atom stereocenters. The van der Waals surface area contributed by atoms with Crippen LogP contribution in [0.4, 0.5) is 0 Å². The van der Waals surface area contributed by atoms with Crippen LogP contribution in [0.1, 0.15) is 12.5 Å². The summed E-state index contributed by atoms with van der Waals surface area (Å²) in [7, 11) is 0. The molecule has 0 bridgehead atoms. The Balaban J connectivity index is 2.37. The van der Waals surface area contributed by atoms with Gasteiger partial charge in [0.15, 0.2) is 0 Å². The SMILES string of the molecule is CC(=O)C(=O)NCc1ccsc1. The molecule has 0 aliphatic rings. The zero-order chi connectivity index (χ0) is 8.97. The van der Waals surface area contributed by atoms with Gasteiger partial charge in [0.1, 0.15) is 0 Å². The minimum Gasteiger partial charge on any atom is -0.345 e. The van der Waals surface area contributed by atoms with Crippen molar-refractivity contribution in [2.75, 3.05) is 0 Å². The first kappa shape index (κ1) is 8.93. The van der Waals surface area contributed by atoms with E-state index in [9.17, 15) is 9.59 Å². The largest absolute Gasteiger partial charge is 0.345 e. The van der Waals surface area contributed by atoms with Crippen LogP contribution in [0.25, 0.3) is 0 Å². The molecule has 0 saturated carbocycles. The zero-order valence-electron chi connectivity index (χ0n) is 6.66. The van der Waals surface area contributed by atoms with Gasteiger partial charge in [-0.3, -0.25) is 9.59 Å². The van der Waals surface area contributed by atoms with Crippen LogP contribution >= 0.6 is 11.3 Å². The van der Waals surface area contributed by atoms with E-state index in [4.69, 9.17) is 0 Å². The Hall–Kier alpha value is -1.16. The van der Waals surface area contributed by atoms with Gasteiger partial charge in [-0.05, 0) is 22.4 Å². The fourth-order valence-electron chi connectivity index (χ4n) is 0.700. The van der Waals surface area contributed by atoms with Crippen molar-refractivity contribution in [1.82, 2.24) is 5.32 Å². The summed E-state index contributed by atoms with van der Waals surface area (Å²) in [6.45, 7) is 1.69. The summed E-state index contributed by atoms with van der Waals surface area (Å²) in [6.07, 6.45) is 0. The topological polar surface area (TPSA) is 46.2 Å². The minimum absolute atomic E-state index is 0.432. The van der Waals surface area contributed by atoms with Crippen molar-refractivity contribution in [3.8, 4) is 0 Å². The lowest BCUT2D eigenvalue weighted by Crippen LogP contribution is -2.28. The molecule has 1 amide bonds. The molecule has 1 rings (SSSR count). The molecule has 1 aromatic rings. The van der Waals surface area contributed by atoms with Crippen molar-refractivity contribution >= 4 is 23.0 Å². The number of Topliss-reactive ketones (excluding diaryl/α,β-unsaturated/α-hetero) is 1. The van der Waals surface area contributed by atoms with E-state index in [0.29, 0.717) is 6.54 Å². The van der Waals surface area contributed by atoms with Gasteiger partial charge in [0, 0.05) is 13.5 Å². The second-order valence-electron chi connectivity index (χ2n) is 2.37. The van der Waals surface area contributed by atoms with Crippen molar-refractivity contribution < 1.29 is 9.59 Å². The predicted octanol–water partition coefficient (Wildman–Crippen LogP) is 0.953. The summed E-state index contributed by atoms with van der Waals surface area (Å²) in [5, 5.41) is 6.36. The van der Waals surface area contributed by atoms with E-state index >= 15 is 0 Å². The highest BCUT2D eigenvalue weighted by Crippen LogP contribution is 2.04. The molecule has 0 saturated heterocycles. The van der Waals surface area contributed by atoms with Gasteiger partial charge in [0.05, 0.1) is 0 Å². The van der Waals surface area contributed by atoms with Gasteiger partial charge in [-0.1, -0.05) is 0 Å². The molecule has 4 heteroatoms. The predicted molar refractivity (Wildman–Crippen MR) is 46.8 cm³/mol. The van der Waals surface area contributed by atoms with Gasteiger partial charge < -0.3 is 5.32 Å². The highest BCUT2D eigenvalue weighted by Gasteiger charge is 2.05. The standard InChI is InChI=1S/C8H9NO2S/c1-6(10)8(11)9-4-7-2-3-12-5-7/h2-3,5H,4H2,1H3,(H,9,11). The summed E-state index contributed by atoms with van der Waals surface area (Å²) in [6, 6.07) is 1.91. The minimum atomic E-state index is -0.527. The molecule has 0 aliphatic carbocycles. The molecule has 1 aromatic heterocycles. The Labute approximate surface area is 74.4 Å². The number of rotatable bonds is 3. The monoisotopic (exact) mass is 183 g/mol. The Bertz CT molecular complexity index is 279. The number of carbonyl (C=O) groups is 2. The third kappa shape index (κ3) is 2.47. The van der Waals surface area contributed by atoms with E-state index in [1.807, 2.05) is 16.8 Å². The molecule has 1 N–H and O–H groups in total. The lowest BCUT2D eigenvalue weighted by molar-refractivity contribution is -0.136. The van der Waals surface area contributed by atoms with E-state index < -0.39 is 11.7 Å². The molecule has 0 fully saturated rings. The first-order chi connectivity index (χ1) is 5.70. The average molecular weight is 183 g/mol. The van der Waals surface area contributed by atoms with Crippen LogP contribution in [0.2, 0.25) is 0 Å². The van der Waals surface area contributed by atoms with Crippen LogP contribution < -0.4 is 5.32 Å². The average Bonchev–Trinajstić information content (AvgIpc) is 2.51. The van der Waals surface area contributed by atoms with Crippen LogP contribution in [-0.4, -0.2) is 11.7 Å². The zero-order valence-corrected chi connectivity index (χ0v) is 7.48. The molecule has 0 aromatic carbocycles. The number of hydrogen-bond acceptors (Lipinski definition) is 3. The van der Waals surface area contributed by atoms with Crippen molar-refractivity contribution in [2.24, 2.45) is 0 Å². The van der Waals surface area contributed by atoms with E-state index in [0.717, 1.165) is 5.56 Å². The van der Waals surface area contributed by atoms with Gasteiger partial charge in [-0.15, -0.1) is 0 Å². The van der Waals surface area contributed by atoms with Gasteiger partial charge in [-0.2, -0.15) is 11.3 Å². The third-order valence-corrected chi connectivity index (χ3v) is 2.08. The van der Waals surface area contributed by atoms with Gasteiger partial charge >= 0.3 is 0 Å². The van der Waals surface area contributed by atoms with Crippen LogP contribution in [-0.2, 0) is 16.1 Å². The normalized spacial score (nSPS) is 9.42. The van der Waals surface area contributed by atoms with Crippen LogP contribution in [0.3, 0.4) is 0 Å². The van der Waals surface area contributed by atoms with Crippen LogP contribution in [0.5, 0.6) is 0 Å². The Morgan fingerprint density at radius 1 is 1.58 bits per heavy atom. The van der Waals surface area contributed by atoms with E-state index in [-0.39, 0.29) is 0 Å². The number of ketones is 1. The number of thiophene rings is 1. The van der Waals surface area contributed by atoms with Gasteiger partial charge in [0.25, 0.3) is 5.91 Å². The first-order valence-corrected chi connectivity index (χ1v) is 4.44.